The van der Waals surface area contributed by atoms with Crippen LogP contribution in [-0.4, -0.2) is 15.0 Å². The van der Waals surface area contributed by atoms with Crippen molar-refractivity contribution < 1.29 is 0 Å². The van der Waals surface area contributed by atoms with Crippen molar-refractivity contribution in [3.63, 3.8) is 0 Å². The Hall–Kier alpha value is -2.05. The number of hydrazine groups is 1. The lowest BCUT2D eigenvalue weighted by Gasteiger charge is -2.15. The van der Waals surface area contributed by atoms with Gasteiger partial charge in [-0.25, -0.2) is 15.0 Å². The van der Waals surface area contributed by atoms with Crippen molar-refractivity contribution in [3.05, 3.63) is 48.2 Å². The van der Waals surface area contributed by atoms with Gasteiger partial charge in [0.2, 0.25) is 0 Å². The highest BCUT2D eigenvalue weighted by Crippen LogP contribution is 2.15. The number of hydrogen-bond acceptors (Lipinski definition) is 6. The second-order valence-corrected chi connectivity index (χ2v) is 3.65. The van der Waals surface area contributed by atoms with Crippen LogP contribution in [0.5, 0.6) is 0 Å². The van der Waals surface area contributed by atoms with Crippen LogP contribution in [-0.2, 0) is 6.42 Å². The molecule has 1 unspecified atom stereocenters. The number of nitrogen functional groups attached to an aromatic ring is 1. The van der Waals surface area contributed by atoms with Gasteiger partial charge in [-0.1, -0.05) is 0 Å². The van der Waals surface area contributed by atoms with Crippen LogP contribution in [0.25, 0.3) is 0 Å². The van der Waals surface area contributed by atoms with Crippen LogP contribution in [0.4, 0.5) is 5.82 Å². The molecule has 0 saturated heterocycles. The highest BCUT2D eigenvalue weighted by Gasteiger charge is 2.11. The van der Waals surface area contributed by atoms with Crippen molar-refractivity contribution in [1.82, 2.24) is 20.4 Å². The number of hydrogen-bond donors (Lipinski definition) is 3. The third kappa shape index (κ3) is 2.96. The molecule has 0 aliphatic heterocycles. The van der Waals surface area contributed by atoms with Crippen LogP contribution >= 0.6 is 0 Å². The van der Waals surface area contributed by atoms with E-state index in [1.165, 1.54) is 6.33 Å². The molecule has 0 aliphatic rings. The zero-order chi connectivity index (χ0) is 12.1. The fraction of sp³-hybridized carbons (Fsp3) is 0.182. The van der Waals surface area contributed by atoms with E-state index in [1.54, 1.807) is 12.4 Å². The molecule has 0 amide bonds. The van der Waals surface area contributed by atoms with Gasteiger partial charge in [-0.05, 0) is 30.2 Å². The quantitative estimate of drug-likeness (QED) is 0.512. The Kier molecular flexibility index (Phi) is 3.59. The molecule has 0 saturated carbocycles. The molecule has 0 spiro atoms. The Balaban J connectivity index is 2.16. The molecule has 88 valence electrons. The van der Waals surface area contributed by atoms with Gasteiger partial charge in [0.05, 0.1) is 11.7 Å². The zero-order valence-electron chi connectivity index (χ0n) is 9.24. The van der Waals surface area contributed by atoms with Crippen molar-refractivity contribution in [1.29, 1.82) is 0 Å². The van der Waals surface area contributed by atoms with Crippen LogP contribution < -0.4 is 17.0 Å². The van der Waals surface area contributed by atoms with E-state index in [1.807, 2.05) is 18.2 Å². The molecule has 2 aromatic heterocycles. The summed E-state index contributed by atoms with van der Waals surface area (Å²) in [6.45, 7) is 0. The monoisotopic (exact) mass is 230 g/mol. The lowest BCUT2D eigenvalue weighted by Crippen LogP contribution is -2.30. The maximum atomic E-state index is 5.63. The molecule has 2 aromatic rings. The highest BCUT2D eigenvalue weighted by atomic mass is 15.2. The van der Waals surface area contributed by atoms with Crippen LogP contribution in [0, 0.1) is 0 Å². The Morgan fingerprint density at radius 3 is 2.76 bits per heavy atom. The van der Waals surface area contributed by atoms with Gasteiger partial charge in [0.1, 0.15) is 12.1 Å². The van der Waals surface area contributed by atoms with Crippen molar-refractivity contribution >= 4 is 5.82 Å². The van der Waals surface area contributed by atoms with Gasteiger partial charge in [0.15, 0.2) is 0 Å². The van der Waals surface area contributed by atoms with Crippen molar-refractivity contribution in [2.24, 2.45) is 5.84 Å². The number of nitrogens with one attached hydrogen (secondary N) is 1. The fourth-order valence-corrected chi connectivity index (χ4v) is 1.61. The first-order valence-corrected chi connectivity index (χ1v) is 5.22. The molecule has 6 nitrogen and oxygen atoms in total. The van der Waals surface area contributed by atoms with Crippen LogP contribution in [0.1, 0.15) is 17.3 Å². The van der Waals surface area contributed by atoms with Crippen molar-refractivity contribution in [2.75, 3.05) is 5.73 Å². The predicted octanol–water partition coefficient (Wildman–Crippen LogP) is 0.201. The summed E-state index contributed by atoms with van der Waals surface area (Å²) in [7, 11) is 0. The van der Waals surface area contributed by atoms with Crippen LogP contribution in [0.3, 0.4) is 0 Å². The van der Waals surface area contributed by atoms with E-state index in [9.17, 15) is 0 Å². The summed E-state index contributed by atoms with van der Waals surface area (Å²) >= 11 is 0. The summed E-state index contributed by atoms with van der Waals surface area (Å²) in [5.74, 6) is 6.03. The van der Waals surface area contributed by atoms with Crippen LogP contribution in [0.15, 0.2) is 36.9 Å². The molecule has 2 heterocycles. The number of rotatable bonds is 4. The third-order valence-corrected chi connectivity index (χ3v) is 2.45. The van der Waals surface area contributed by atoms with E-state index >= 15 is 0 Å². The lowest BCUT2D eigenvalue weighted by atomic mass is 10.0. The van der Waals surface area contributed by atoms with E-state index in [-0.39, 0.29) is 6.04 Å². The minimum absolute atomic E-state index is 0.0696. The average Bonchev–Trinajstić information content (AvgIpc) is 2.37. The van der Waals surface area contributed by atoms with Gasteiger partial charge in [-0.3, -0.25) is 11.3 Å². The Bertz CT molecular complexity index is 472. The molecular formula is C11H14N6. The number of nitrogens with zero attached hydrogens (tertiary/aromatic N) is 3. The summed E-state index contributed by atoms with van der Waals surface area (Å²) < 4.78 is 0. The first-order chi connectivity index (χ1) is 8.29. The Morgan fingerprint density at radius 1 is 1.24 bits per heavy atom. The first kappa shape index (κ1) is 11.4. The standard InChI is InChI=1S/C11H14N6/c12-11-6-8(1-4-15-11)5-10(17-13)9-2-3-14-7-16-9/h1-4,6-7,10,17H,5,13H2,(H2,12,15). The molecule has 1 atom stereocenters. The number of aromatic nitrogens is 3. The van der Waals surface area contributed by atoms with E-state index in [0.717, 1.165) is 11.3 Å². The summed E-state index contributed by atoms with van der Waals surface area (Å²) in [6.07, 6.45) is 5.56. The zero-order valence-corrected chi connectivity index (χ0v) is 9.24. The Labute approximate surface area is 99.1 Å². The topological polar surface area (TPSA) is 103 Å². The molecule has 0 radical (unpaired) electrons. The van der Waals surface area contributed by atoms with Crippen molar-refractivity contribution in [3.8, 4) is 0 Å². The summed E-state index contributed by atoms with van der Waals surface area (Å²) in [4.78, 5) is 12.0. The van der Waals surface area contributed by atoms with E-state index in [0.29, 0.717) is 12.2 Å². The molecule has 0 fully saturated rings. The molecule has 0 aromatic carbocycles. The van der Waals surface area contributed by atoms with Gasteiger partial charge in [0.25, 0.3) is 0 Å². The second-order valence-electron chi connectivity index (χ2n) is 3.65. The van der Waals surface area contributed by atoms with Gasteiger partial charge in [0, 0.05) is 12.4 Å². The summed E-state index contributed by atoms with van der Waals surface area (Å²) in [5, 5.41) is 0. The minimum Gasteiger partial charge on any atom is -0.384 e. The number of anilines is 1. The average molecular weight is 230 g/mol. The van der Waals surface area contributed by atoms with Gasteiger partial charge >= 0.3 is 0 Å². The number of pyridine rings is 1. The smallest absolute Gasteiger partial charge is 0.123 e. The second kappa shape index (κ2) is 5.33. The highest BCUT2D eigenvalue weighted by molar-refractivity contribution is 5.32. The largest absolute Gasteiger partial charge is 0.384 e. The molecule has 2 rings (SSSR count). The van der Waals surface area contributed by atoms with Gasteiger partial charge < -0.3 is 5.73 Å². The van der Waals surface area contributed by atoms with Gasteiger partial charge in [-0.2, -0.15) is 0 Å². The Morgan fingerprint density at radius 2 is 2.12 bits per heavy atom. The molecule has 6 heteroatoms. The fourth-order valence-electron chi connectivity index (χ4n) is 1.61. The molecule has 17 heavy (non-hydrogen) atoms. The maximum absolute atomic E-state index is 5.63. The SMILES string of the molecule is NNC(Cc1ccnc(N)c1)c1ccncn1. The molecule has 5 N–H and O–H groups in total. The minimum atomic E-state index is -0.0696. The summed E-state index contributed by atoms with van der Waals surface area (Å²) in [5.41, 5.74) is 10.3. The maximum Gasteiger partial charge on any atom is 0.123 e. The molecule has 0 bridgehead atoms. The van der Waals surface area contributed by atoms with E-state index in [4.69, 9.17) is 11.6 Å². The normalized spacial score (nSPS) is 12.3. The third-order valence-electron chi connectivity index (χ3n) is 2.45. The van der Waals surface area contributed by atoms with Gasteiger partial charge in [-0.15, -0.1) is 0 Å². The van der Waals surface area contributed by atoms with Crippen LogP contribution in [0.2, 0.25) is 0 Å². The predicted molar refractivity (Wildman–Crippen MR) is 64.4 cm³/mol. The molecule has 0 aliphatic carbocycles. The lowest BCUT2D eigenvalue weighted by molar-refractivity contribution is 0.537. The summed E-state index contributed by atoms with van der Waals surface area (Å²) in [6, 6.07) is 5.49. The van der Waals surface area contributed by atoms with E-state index in [2.05, 4.69) is 20.4 Å². The van der Waals surface area contributed by atoms with E-state index < -0.39 is 0 Å². The van der Waals surface area contributed by atoms with Crippen molar-refractivity contribution in [2.45, 2.75) is 12.5 Å². The molecular weight excluding hydrogens is 216 g/mol. The number of nitrogens with two attached hydrogens (primary N) is 2. The first-order valence-electron chi connectivity index (χ1n) is 5.22.